The number of ether oxygens (including phenoxy) is 2. The van der Waals surface area contributed by atoms with Crippen LogP contribution in [0.3, 0.4) is 0 Å². The minimum atomic E-state index is -1.74. The lowest BCUT2D eigenvalue weighted by Crippen LogP contribution is -2.52. The summed E-state index contributed by atoms with van der Waals surface area (Å²) in [6.45, 7) is 6.67. The molecule has 3 atom stereocenters. The molecule has 2 aromatic carbocycles. The van der Waals surface area contributed by atoms with Crippen LogP contribution in [0.1, 0.15) is 36.1 Å². The molecular weight excluding hydrogens is 485 g/mol. The van der Waals surface area contributed by atoms with Crippen LogP contribution in [0.25, 0.3) is 6.08 Å². The van der Waals surface area contributed by atoms with Gasteiger partial charge in [0.2, 0.25) is 0 Å². The number of carbonyl (C=O) groups excluding carboxylic acids is 2. The molecular formula is C28H34BN3O6. The Labute approximate surface area is 223 Å². The summed E-state index contributed by atoms with van der Waals surface area (Å²) in [6.07, 6.45) is 1.44. The first-order valence-electron chi connectivity index (χ1n) is 12.6. The molecule has 1 aliphatic heterocycles. The summed E-state index contributed by atoms with van der Waals surface area (Å²) < 4.78 is 10.7. The number of amides is 2. The Bertz CT molecular complexity index is 1170. The zero-order chi connectivity index (χ0) is 27.7. The fourth-order valence-electron chi connectivity index (χ4n) is 4.35. The van der Waals surface area contributed by atoms with Crippen LogP contribution >= 0.6 is 0 Å². The fraction of sp³-hybridized carbons (Fsp3) is 0.393. The quantitative estimate of drug-likeness (QED) is 0.263. The van der Waals surface area contributed by atoms with E-state index in [1.807, 2.05) is 63.2 Å². The van der Waals surface area contributed by atoms with E-state index in [-0.39, 0.29) is 36.6 Å². The molecule has 1 aliphatic rings. The van der Waals surface area contributed by atoms with E-state index in [0.717, 1.165) is 16.7 Å². The van der Waals surface area contributed by atoms with Gasteiger partial charge in [-0.1, -0.05) is 54.1 Å². The first kappa shape index (κ1) is 28.9. The molecule has 2 aromatic rings. The summed E-state index contributed by atoms with van der Waals surface area (Å²) in [6, 6.07) is 16.6. The molecule has 0 unspecified atom stereocenters. The van der Waals surface area contributed by atoms with E-state index in [9.17, 15) is 24.9 Å². The highest BCUT2D eigenvalue weighted by molar-refractivity contribution is 6.43. The van der Waals surface area contributed by atoms with Crippen LogP contribution in [0.4, 0.5) is 4.79 Å². The van der Waals surface area contributed by atoms with E-state index in [2.05, 4.69) is 5.32 Å². The fourth-order valence-corrected chi connectivity index (χ4v) is 4.35. The van der Waals surface area contributed by atoms with Gasteiger partial charge in [0.05, 0.1) is 37.8 Å². The Kier molecular flexibility index (Phi) is 10.5. The first-order chi connectivity index (χ1) is 18.2. The molecule has 2 amide bonds. The summed E-state index contributed by atoms with van der Waals surface area (Å²) in [5.41, 5.74) is 3.51. The van der Waals surface area contributed by atoms with E-state index >= 15 is 0 Å². The van der Waals surface area contributed by atoms with Crippen LogP contribution < -0.4 is 5.32 Å². The number of nitrogens with zero attached hydrogens (tertiary/aromatic N) is 2. The average Bonchev–Trinajstić information content (AvgIpc) is 2.88. The van der Waals surface area contributed by atoms with Crippen LogP contribution in [-0.4, -0.2) is 71.9 Å². The summed E-state index contributed by atoms with van der Waals surface area (Å²) in [4.78, 5) is 27.0. The predicted octanol–water partition coefficient (Wildman–Crippen LogP) is 2.43. The molecule has 10 heteroatoms. The molecule has 3 rings (SSSR count). The summed E-state index contributed by atoms with van der Waals surface area (Å²) in [5.74, 6) is -1.25. The first-order valence-corrected chi connectivity index (χ1v) is 12.6. The van der Waals surface area contributed by atoms with Gasteiger partial charge in [0, 0.05) is 6.42 Å². The number of nitrogens with one attached hydrogen (secondary N) is 1. The van der Waals surface area contributed by atoms with Crippen LogP contribution in [0, 0.1) is 18.3 Å². The Morgan fingerprint density at radius 3 is 2.50 bits per heavy atom. The maximum Gasteiger partial charge on any atom is 0.475 e. The van der Waals surface area contributed by atoms with Crippen LogP contribution in [0.15, 0.2) is 54.1 Å². The molecule has 0 aromatic heterocycles. The summed E-state index contributed by atoms with van der Waals surface area (Å²) in [5, 5.41) is 31.5. The number of hydrogen-bond donors (Lipinski definition) is 3. The molecule has 0 aliphatic carbocycles. The second-order valence-electron chi connectivity index (χ2n) is 9.60. The third kappa shape index (κ3) is 8.18. The number of alkyl carbamates (subject to hydrolysis) is 1. The van der Waals surface area contributed by atoms with Gasteiger partial charge in [-0.2, -0.15) is 5.26 Å². The van der Waals surface area contributed by atoms with E-state index in [0.29, 0.717) is 25.2 Å². The van der Waals surface area contributed by atoms with Gasteiger partial charge in [0.25, 0.3) is 5.91 Å². The topological polar surface area (TPSA) is 132 Å². The highest BCUT2D eigenvalue weighted by Crippen LogP contribution is 2.19. The van der Waals surface area contributed by atoms with Crippen molar-refractivity contribution in [1.29, 1.82) is 5.26 Å². The van der Waals surface area contributed by atoms with E-state index in [1.54, 1.807) is 23.1 Å². The van der Waals surface area contributed by atoms with Crippen molar-refractivity contribution >= 4 is 25.2 Å². The normalized spacial score (nSPS) is 18.3. The average molecular weight is 519 g/mol. The predicted molar refractivity (Wildman–Crippen MR) is 144 cm³/mol. The molecule has 0 spiro atoms. The molecule has 9 nitrogen and oxygen atoms in total. The van der Waals surface area contributed by atoms with Gasteiger partial charge in [-0.3, -0.25) is 4.79 Å². The van der Waals surface area contributed by atoms with Gasteiger partial charge in [0.15, 0.2) is 0 Å². The number of morpholine rings is 1. The highest BCUT2D eigenvalue weighted by atomic mass is 16.5. The zero-order valence-corrected chi connectivity index (χ0v) is 22.0. The maximum atomic E-state index is 13.0. The lowest BCUT2D eigenvalue weighted by Gasteiger charge is -2.38. The van der Waals surface area contributed by atoms with Gasteiger partial charge in [-0.25, -0.2) is 4.79 Å². The highest BCUT2D eigenvalue weighted by Gasteiger charge is 2.31. The third-order valence-electron chi connectivity index (χ3n) is 6.38. The molecule has 38 heavy (non-hydrogen) atoms. The van der Waals surface area contributed by atoms with Crippen molar-refractivity contribution in [2.24, 2.45) is 0 Å². The van der Waals surface area contributed by atoms with Gasteiger partial charge in [0.1, 0.15) is 11.6 Å². The second kappa shape index (κ2) is 13.8. The molecule has 0 saturated carbocycles. The number of nitriles is 1. The number of carbonyl (C=O) groups is 2. The summed E-state index contributed by atoms with van der Waals surface area (Å²) in [7, 11) is -1.74. The van der Waals surface area contributed by atoms with E-state index < -0.39 is 19.2 Å². The van der Waals surface area contributed by atoms with Crippen molar-refractivity contribution in [3.63, 3.8) is 0 Å². The number of benzene rings is 2. The van der Waals surface area contributed by atoms with Gasteiger partial charge < -0.3 is 29.7 Å². The Morgan fingerprint density at radius 2 is 1.87 bits per heavy atom. The molecule has 0 radical (unpaired) electrons. The smallest absolute Gasteiger partial charge is 0.449 e. The van der Waals surface area contributed by atoms with Gasteiger partial charge in [-0.15, -0.1) is 0 Å². The standard InChI is InChI=1S/C28H34BN3O6/c1-19-7-9-23(10-8-19)15-26(29(35)36)31-28(34)38-12-11-22-5-4-6-24(13-22)14-25(16-30)27(33)32-20(2)17-37-18-21(32)3/h4-10,13-14,20-21,26,35-36H,11-12,15,17-18H2,1-3H3,(H,31,34)/t20-,21-,26+/m1/s1. The SMILES string of the molecule is Cc1ccc(C[C@H](NC(=O)OCCc2cccc(C=C(C#N)C(=O)N3[C@H](C)COC[C@H]3C)c2)B(O)O)cc1. The van der Waals surface area contributed by atoms with Crippen molar-refractivity contribution in [3.8, 4) is 6.07 Å². The van der Waals surface area contributed by atoms with E-state index in [1.165, 1.54) is 0 Å². The van der Waals surface area contributed by atoms with Crippen LogP contribution in [-0.2, 0) is 27.1 Å². The zero-order valence-electron chi connectivity index (χ0n) is 22.0. The summed E-state index contributed by atoms with van der Waals surface area (Å²) >= 11 is 0. The van der Waals surface area contributed by atoms with Gasteiger partial charge in [-0.05, 0) is 50.0 Å². The maximum absolute atomic E-state index is 13.0. The largest absolute Gasteiger partial charge is 0.475 e. The minimum absolute atomic E-state index is 0.0422. The minimum Gasteiger partial charge on any atom is -0.449 e. The Morgan fingerprint density at radius 1 is 1.18 bits per heavy atom. The Hall–Kier alpha value is -3.65. The van der Waals surface area contributed by atoms with Crippen molar-refractivity contribution in [1.82, 2.24) is 10.2 Å². The molecule has 0 bridgehead atoms. The third-order valence-corrected chi connectivity index (χ3v) is 6.38. The molecule has 1 heterocycles. The second-order valence-corrected chi connectivity index (χ2v) is 9.60. The Balaban J connectivity index is 1.56. The van der Waals surface area contributed by atoms with Crippen LogP contribution in [0.2, 0.25) is 0 Å². The van der Waals surface area contributed by atoms with Crippen molar-refractivity contribution in [2.75, 3.05) is 19.8 Å². The lowest BCUT2D eigenvalue weighted by molar-refractivity contribution is -0.139. The molecule has 3 N–H and O–H groups in total. The van der Waals surface area contributed by atoms with Crippen molar-refractivity contribution < 1.29 is 29.1 Å². The monoisotopic (exact) mass is 519 g/mol. The van der Waals surface area contributed by atoms with Crippen molar-refractivity contribution in [3.05, 3.63) is 76.4 Å². The lowest BCUT2D eigenvalue weighted by atomic mass is 9.76. The molecule has 1 saturated heterocycles. The van der Waals surface area contributed by atoms with Crippen molar-refractivity contribution in [2.45, 2.75) is 51.6 Å². The molecule has 1 fully saturated rings. The number of rotatable bonds is 9. The van der Waals surface area contributed by atoms with Gasteiger partial charge >= 0.3 is 13.2 Å². The van der Waals surface area contributed by atoms with Crippen LogP contribution in [0.5, 0.6) is 0 Å². The van der Waals surface area contributed by atoms with E-state index in [4.69, 9.17) is 9.47 Å². The number of hydrogen-bond acceptors (Lipinski definition) is 7. The number of aryl methyl sites for hydroxylation is 1. The molecule has 200 valence electrons.